The number of benzene rings is 1. The molecule has 0 saturated carbocycles. The van der Waals surface area contributed by atoms with Gasteiger partial charge in [0.05, 0.1) is 6.54 Å². The first-order chi connectivity index (χ1) is 17.4. The summed E-state index contributed by atoms with van der Waals surface area (Å²) in [5.74, 6) is 0.905. The molecule has 0 radical (unpaired) electrons. The zero-order chi connectivity index (χ0) is 25.5. The van der Waals surface area contributed by atoms with Gasteiger partial charge in [-0.1, -0.05) is 24.3 Å². The molecular weight excluding hydrogens is 481 g/mol. The van der Waals surface area contributed by atoms with Gasteiger partial charge in [-0.15, -0.1) is 0 Å². The zero-order valence-electron chi connectivity index (χ0n) is 21.1. The molecule has 0 atom stereocenters. The van der Waals surface area contributed by atoms with Gasteiger partial charge in [0.25, 0.3) is 0 Å². The van der Waals surface area contributed by atoms with Crippen molar-refractivity contribution in [2.24, 2.45) is 0 Å². The summed E-state index contributed by atoms with van der Waals surface area (Å²) in [7, 11) is -2.94. The van der Waals surface area contributed by atoms with Crippen LogP contribution in [0.2, 0.25) is 0 Å². The monoisotopic (exact) mass is 519 g/mol. The van der Waals surface area contributed by atoms with Crippen LogP contribution >= 0.6 is 7.60 Å². The highest BCUT2D eigenvalue weighted by Gasteiger charge is 2.37. The van der Waals surface area contributed by atoms with E-state index in [9.17, 15) is 9.36 Å². The number of nitrogen functional groups attached to an aromatic ring is 1. The van der Waals surface area contributed by atoms with Crippen molar-refractivity contribution in [2.75, 3.05) is 66.8 Å². The van der Waals surface area contributed by atoms with E-state index in [0.717, 1.165) is 25.2 Å². The number of amides is 1. The van der Waals surface area contributed by atoms with Gasteiger partial charge in [0, 0.05) is 33.5 Å². The lowest BCUT2D eigenvalue weighted by Gasteiger charge is -2.30. The molecule has 1 saturated heterocycles. The number of hydrogen-bond donors (Lipinski definition) is 3. The maximum atomic E-state index is 12.8. The molecule has 11 nitrogen and oxygen atoms in total. The Hall–Kier alpha value is -2.72. The first kappa shape index (κ1) is 26.3. The van der Waals surface area contributed by atoms with Crippen LogP contribution in [0.3, 0.4) is 0 Å². The largest absolute Gasteiger partial charge is 0.615 e. The third-order valence-corrected chi connectivity index (χ3v) is 8.45. The van der Waals surface area contributed by atoms with Crippen molar-refractivity contribution in [1.29, 1.82) is 0 Å². The van der Waals surface area contributed by atoms with E-state index in [4.69, 9.17) is 5.73 Å². The second-order valence-corrected chi connectivity index (χ2v) is 11.4. The minimum atomic E-state index is -2.94. The van der Waals surface area contributed by atoms with Crippen LogP contribution in [0.15, 0.2) is 24.3 Å². The molecular formula is C24H38N7O4P+2. The highest BCUT2D eigenvalue weighted by atomic mass is 31.2. The van der Waals surface area contributed by atoms with Gasteiger partial charge in [0.2, 0.25) is 11.9 Å². The molecule has 36 heavy (non-hydrogen) atoms. The number of aliphatic hydroxyl groups is 2. The Morgan fingerprint density at radius 2 is 1.81 bits per heavy atom. The van der Waals surface area contributed by atoms with Gasteiger partial charge in [0.15, 0.2) is 17.8 Å². The van der Waals surface area contributed by atoms with Gasteiger partial charge in [-0.3, -0.25) is 9.69 Å². The summed E-state index contributed by atoms with van der Waals surface area (Å²) < 4.78 is 21.2. The molecule has 3 heterocycles. The Morgan fingerprint density at radius 3 is 2.50 bits per heavy atom. The van der Waals surface area contributed by atoms with Crippen molar-refractivity contribution in [3.63, 3.8) is 0 Å². The molecule has 4 rings (SSSR count). The first-order valence-electron chi connectivity index (χ1n) is 12.6. The minimum absolute atomic E-state index is 0.157. The summed E-state index contributed by atoms with van der Waals surface area (Å²) in [5.41, 5.74) is 8.98. The van der Waals surface area contributed by atoms with E-state index in [2.05, 4.69) is 58.8 Å². The Labute approximate surface area is 212 Å². The Balaban J connectivity index is 1.48. The number of aromatic nitrogens is 2. The van der Waals surface area contributed by atoms with E-state index >= 15 is 0 Å². The Bertz CT molecular complexity index is 1100. The molecule has 196 valence electrons. The molecule has 1 fully saturated rings. The molecule has 1 aromatic carbocycles. The Kier molecular flexibility index (Phi) is 8.79. The summed E-state index contributed by atoms with van der Waals surface area (Å²) in [6.45, 7) is 8.86. The highest BCUT2D eigenvalue weighted by molar-refractivity contribution is 7.52. The molecule has 1 aromatic heterocycles. The van der Waals surface area contributed by atoms with Crippen LogP contribution in [0.5, 0.6) is 0 Å². The maximum absolute atomic E-state index is 12.8. The number of nitrogens with one attached hydrogen (secondary N) is 2. The number of carbonyl (C=O) groups excluding carboxylic acids is 1. The van der Waals surface area contributed by atoms with E-state index in [1.807, 2.05) is 18.7 Å². The van der Waals surface area contributed by atoms with Gasteiger partial charge in [-0.25, -0.2) is 0 Å². The van der Waals surface area contributed by atoms with Gasteiger partial charge in [-0.2, -0.15) is 14.5 Å². The molecule has 2 aliphatic heterocycles. The topological polar surface area (TPSA) is 142 Å². The van der Waals surface area contributed by atoms with Gasteiger partial charge in [0.1, 0.15) is 18.9 Å². The van der Waals surface area contributed by atoms with Crippen molar-refractivity contribution in [1.82, 2.24) is 14.9 Å². The van der Waals surface area contributed by atoms with Crippen molar-refractivity contribution in [3.05, 3.63) is 35.4 Å². The summed E-state index contributed by atoms with van der Waals surface area (Å²) in [5, 5.41) is 5.92. The van der Waals surface area contributed by atoms with Crippen LogP contribution in [0.25, 0.3) is 0 Å². The Morgan fingerprint density at radius 1 is 1.11 bits per heavy atom. The summed E-state index contributed by atoms with van der Waals surface area (Å²) in [4.78, 5) is 25.8. The number of nitrogens with two attached hydrogens (primary N) is 1. The normalized spacial score (nSPS) is 16.2. The minimum Gasteiger partial charge on any atom is -0.382 e. The molecule has 0 aliphatic carbocycles. The molecule has 6 N–H and O–H groups in total. The third kappa shape index (κ3) is 6.73. The van der Waals surface area contributed by atoms with E-state index in [0.29, 0.717) is 43.8 Å². The van der Waals surface area contributed by atoms with E-state index < -0.39 is 7.60 Å². The highest BCUT2D eigenvalue weighted by Crippen LogP contribution is 2.42. The molecule has 12 heteroatoms. The molecule has 0 unspecified atom stereocenters. The van der Waals surface area contributed by atoms with Gasteiger partial charge >= 0.3 is 7.60 Å². The van der Waals surface area contributed by atoms with Crippen LogP contribution in [0, 0.1) is 0 Å². The van der Waals surface area contributed by atoms with E-state index in [1.165, 1.54) is 18.4 Å². The van der Waals surface area contributed by atoms with E-state index in [1.54, 1.807) is 0 Å². The predicted molar refractivity (Wildman–Crippen MR) is 144 cm³/mol. The number of likely N-dealkylation sites (tertiary alicyclic amines) is 1. The third-order valence-electron chi connectivity index (χ3n) is 6.20. The number of nitrogens with zero attached hydrogens (tertiary/aromatic N) is 4. The fraction of sp³-hybridized carbons (Fsp3) is 0.542. The van der Waals surface area contributed by atoms with Crippen molar-refractivity contribution >= 4 is 36.8 Å². The van der Waals surface area contributed by atoms with Crippen LogP contribution in [0.4, 0.5) is 23.3 Å². The smallest absolute Gasteiger partial charge is 0.382 e. The summed E-state index contributed by atoms with van der Waals surface area (Å²) in [6, 6.07) is 8.47. The van der Waals surface area contributed by atoms with Crippen molar-refractivity contribution in [2.45, 2.75) is 39.8 Å². The van der Waals surface area contributed by atoms with Crippen LogP contribution in [-0.2, 0) is 22.4 Å². The fourth-order valence-electron chi connectivity index (χ4n) is 4.64. The number of hydrogen-bond acceptors (Lipinski definition) is 8. The second-order valence-electron chi connectivity index (χ2n) is 9.07. The number of anilines is 4. The number of rotatable bonds is 12. The number of carbonyl (C=O) groups is 1. The predicted octanol–water partition coefficient (Wildman–Crippen LogP) is 2.31. The maximum Gasteiger partial charge on any atom is 0.615 e. The van der Waals surface area contributed by atoms with Crippen LogP contribution in [0.1, 0.15) is 37.8 Å². The molecule has 0 bridgehead atoms. The van der Waals surface area contributed by atoms with Crippen molar-refractivity contribution < 1.29 is 18.4 Å². The quantitative estimate of drug-likeness (QED) is 0.287. The molecule has 2 aromatic rings. The van der Waals surface area contributed by atoms with Crippen LogP contribution in [-0.4, -0.2) is 75.4 Å². The van der Waals surface area contributed by atoms with Crippen LogP contribution < -0.4 is 21.3 Å². The SMILES string of the molecule is CC[OH+]P(=O)(CCNc1nc(N)c2c(n1)N(Cc1cccc(CN3CCCC3)c1)CC(=O)N2)[OH+]CC. The molecule has 0 spiro atoms. The zero-order valence-corrected chi connectivity index (χ0v) is 22.0. The standard InChI is InChI=1S/C24H36N7O4P/c1-3-34-36(33,35-4-2)13-10-26-24-28-22(25)21-23(29-24)31(17-20(32)27-21)16-19-9-7-8-18(14-19)15-30-11-5-6-12-30/h7-9,14H,3-6,10-13,15-17H2,1-2H3,(H,27,32)(H3,25,26,28,29)/p+2. The second kappa shape index (κ2) is 12.0. The average molecular weight is 520 g/mol. The lowest BCUT2D eigenvalue weighted by Crippen LogP contribution is -2.39. The summed E-state index contributed by atoms with van der Waals surface area (Å²) >= 11 is 0. The average Bonchev–Trinajstić information content (AvgIpc) is 3.33. The fourth-order valence-corrected chi connectivity index (χ4v) is 6.30. The number of fused-ring (bicyclic) bond motifs is 1. The van der Waals surface area contributed by atoms with Gasteiger partial charge < -0.3 is 30.3 Å². The lowest BCUT2D eigenvalue weighted by atomic mass is 10.1. The first-order valence-corrected chi connectivity index (χ1v) is 14.4. The van der Waals surface area contributed by atoms with E-state index in [-0.39, 0.29) is 24.4 Å². The van der Waals surface area contributed by atoms with Crippen molar-refractivity contribution in [3.8, 4) is 0 Å². The summed E-state index contributed by atoms with van der Waals surface area (Å²) in [6.07, 6.45) is 2.80. The van der Waals surface area contributed by atoms with Gasteiger partial charge in [-0.05, 0) is 37.1 Å². The molecule has 2 aliphatic rings. The molecule has 1 amide bonds. The lowest BCUT2D eigenvalue weighted by molar-refractivity contribution is -0.115.